The lowest BCUT2D eigenvalue weighted by Gasteiger charge is -2.08. The fourth-order valence-corrected chi connectivity index (χ4v) is 1.97. The van der Waals surface area contributed by atoms with Gasteiger partial charge in [0, 0.05) is 23.6 Å². The summed E-state index contributed by atoms with van der Waals surface area (Å²) in [7, 11) is 0. The van der Waals surface area contributed by atoms with Crippen molar-refractivity contribution in [2.75, 3.05) is 5.32 Å². The van der Waals surface area contributed by atoms with E-state index in [0.29, 0.717) is 5.56 Å². The van der Waals surface area contributed by atoms with Crippen molar-refractivity contribution < 1.29 is 8.78 Å². The normalized spacial score (nSPS) is 10.8. The predicted molar refractivity (Wildman–Crippen MR) is 69.8 cm³/mol. The number of hydrogen-bond acceptors (Lipinski definition) is 2. The highest BCUT2D eigenvalue weighted by molar-refractivity contribution is 5.89. The fraction of sp³-hybridized carbons (Fsp3) is 0.0714. The van der Waals surface area contributed by atoms with Crippen molar-refractivity contribution in [1.82, 2.24) is 10.2 Å². The van der Waals surface area contributed by atoms with Crippen molar-refractivity contribution in [2.24, 2.45) is 0 Å². The molecule has 1 heterocycles. The Balaban J connectivity index is 1.84. The van der Waals surface area contributed by atoms with Crippen LogP contribution in [0.2, 0.25) is 0 Å². The topological polar surface area (TPSA) is 40.7 Å². The van der Waals surface area contributed by atoms with E-state index in [2.05, 4.69) is 15.5 Å². The molecule has 0 atom stereocenters. The van der Waals surface area contributed by atoms with Gasteiger partial charge in [0.05, 0.1) is 17.4 Å². The highest BCUT2D eigenvalue weighted by Crippen LogP contribution is 2.21. The molecule has 3 nitrogen and oxygen atoms in total. The average Bonchev–Trinajstić information content (AvgIpc) is 2.86. The van der Waals surface area contributed by atoms with Crippen molar-refractivity contribution in [3.63, 3.8) is 0 Å². The first-order chi connectivity index (χ1) is 9.24. The van der Waals surface area contributed by atoms with Crippen molar-refractivity contribution in [1.29, 1.82) is 0 Å². The third kappa shape index (κ3) is 2.27. The highest BCUT2D eigenvalue weighted by atomic mass is 19.1. The van der Waals surface area contributed by atoms with Crippen LogP contribution in [-0.4, -0.2) is 10.2 Å². The SMILES string of the molecule is Fc1ccc(CNc2cccc3cn[nH]c23)c(F)c1. The molecule has 5 heteroatoms. The molecular weight excluding hydrogens is 248 g/mol. The van der Waals surface area contributed by atoms with E-state index in [1.54, 1.807) is 6.20 Å². The van der Waals surface area contributed by atoms with Gasteiger partial charge >= 0.3 is 0 Å². The molecule has 3 rings (SSSR count). The van der Waals surface area contributed by atoms with Crippen LogP contribution in [0.5, 0.6) is 0 Å². The first-order valence-electron chi connectivity index (χ1n) is 5.84. The summed E-state index contributed by atoms with van der Waals surface area (Å²) in [5.41, 5.74) is 2.11. The molecule has 0 unspecified atom stereocenters. The third-order valence-electron chi connectivity index (χ3n) is 2.96. The van der Waals surface area contributed by atoms with Crippen LogP contribution in [0.3, 0.4) is 0 Å². The molecular formula is C14H11F2N3. The van der Waals surface area contributed by atoms with Crippen molar-refractivity contribution >= 4 is 16.6 Å². The van der Waals surface area contributed by atoms with E-state index in [0.717, 1.165) is 22.7 Å². The smallest absolute Gasteiger partial charge is 0.131 e. The molecule has 2 aromatic carbocycles. The van der Waals surface area contributed by atoms with Crippen molar-refractivity contribution in [3.8, 4) is 0 Å². The minimum atomic E-state index is -0.572. The second-order valence-electron chi connectivity index (χ2n) is 4.23. The number of benzene rings is 2. The molecule has 0 aliphatic carbocycles. The summed E-state index contributed by atoms with van der Waals surface area (Å²) in [5.74, 6) is -1.12. The van der Waals surface area contributed by atoms with E-state index in [1.807, 2.05) is 18.2 Å². The van der Waals surface area contributed by atoms with Crippen LogP contribution in [0.15, 0.2) is 42.6 Å². The zero-order chi connectivity index (χ0) is 13.2. The number of H-pyrrole nitrogens is 1. The van der Waals surface area contributed by atoms with Gasteiger partial charge in [0.1, 0.15) is 11.6 Å². The Morgan fingerprint density at radius 1 is 1.16 bits per heavy atom. The first-order valence-corrected chi connectivity index (χ1v) is 5.84. The minimum absolute atomic E-state index is 0.282. The Kier molecular flexibility index (Phi) is 2.87. The van der Waals surface area contributed by atoms with Crippen LogP contribution in [0.1, 0.15) is 5.56 Å². The van der Waals surface area contributed by atoms with Crippen molar-refractivity contribution in [2.45, 2.75) is 6.54 Å². The molecule has 2 N–H and O–H groups in total. The predicted octanol–water partition coefficient (Wildman–Crippen LogP) is 3.45. The molecule has 0 aliphatic heterocycles. The van der Waals surface area contributed by atoms with Gasteiger partial charge in [-0.05, 0) is 12.1 Å². The highest BCUT2D eigenvalue weighted by Gasteiger charge is 2.06. The number of fused-ring (bicyclic) bond motifs is 1. The van der Waals surface area contributed by atoms with Crippen LogP contribution < -0.4 is 5.32 Å². The number of anilines is 1. The standard InChI is InChI=1S/C14H11F2N3/c15-11-5-4-9(12(16)6-11)7-17-13-3-1-2-10-8-18-19-14(10)13/h1-6,8,17H,7H2,(H,18,19). The summed E-state index contributed by atoms with van der Waals surface area (Å²) in [6.45, 7) is 0.282. The number of aromatic amines is 1. The molecule has 96 valence electrons. The Morgan fingerprint density at radius 3 is 2.89 bits per heavy atom. The Hall–Kier alpha value is -2.43. The molecule has 0 aliphatic rings. The maximum atomic E-state index is 13.5. The van der Waals surface area contributed by atoms with E-state index in [9.17, 15) is 8.78 Å². The Labute approximate surface area is 108 Å². The maximum absolute atomic E-state index is 13.5. The number of rotatable bonds is 3. The molecule has 1 aromatic heterocycles. The molecule has 0 saturated heterocycles. The average molecular weight is 259 g/mol. The summed E-state index contributed by atoms with van der Waals surface area (Å²) < 4.78 is 26.3. The maximum Gasteiger partial charge on any atom is 0.131 e. The van der Waals surface area contributed by atoms with Gasteiger partial charge in [-0.15, -0.1) is 0 Å². The van der Waals surface area contributed by atoms with Gasteiger partial charge in [0.15, 0.2) is 0 Å². The third-order valence-corrected chi connectivity index (χ3v) is 2.96. The van der Waals surface area contributed by atoms with Gasteiger partial charge in [-0.25, -0.2) is 8.78 Å². The molecule has 0 radical (unpaired) electrons. The monoisotopic (exact) mass is 259 g/mol. The van der Waals surface area contributed by atoms with Crippen molar-refractivity contribution in [3.05, 3.63) is 59.8 Å². The zero-order valence-electron chi connectivity index (χ0n) is 9.95. The van der Waals surface area contributed by atoms with Gasteiger partial charge in [-0.3, -0.25) is 5.10 Å². The summed E-state index contributed by atoms with van der Waals surface area (Å²) in [6.07, 6.45) is 1.72. The lowest BCUT2D eigenvalue weighted by Crippen LogP contribution is -2.02. The van der Waals surface area contributed by atoms with Gasteiger partial charge in [-0.1, -0.05) is 18.2 Å². The minimum Gasteiger partial charge on any atom is -0.379 e. The van der Waals surface area contributed by atoms with E-state index in [4.69, 9.17) is 0 Å². The van der Waals surface area contributed by atoms with Crippen LogP contribution in [0, 0.1) is 11.6 Å². The summed E-state index contributed by atoms with van der Waals surface area (Å²) >= 11 is 0. The number of para-hydroxylation sites is 1. The number of hydrogen-bond donors (Lipinski definition) is 2. The largest absolute Gasteiger partial charge is 0.379 e. The Bertz CT molecular complexity index is 722. The molecule has 0 spiro atoms. The Morgan fingerprint density at radius 2 is 2.05 bits per heavy atom. The fourth-order valence-electron chi connectivity index (χ4n) is 1.97. The molecule has 0 fully saturated rings. The quantitative estimate of drug-likeness (QED) is 0.756. The summed E-state index contributed by atoms with van der Waals surface area (Å²) in [6, 6.07) is 9.26. The molecule has 3 aromatic rings. The molecule has 0 saturated carbocycles. The van der Waals surface area contributed by atoms with Crippen LogP contribution in [-0.2, 0) is 6.54 Å². The van der Waals surface area contributed by atoms with Crippen LogP contribution in [0.25, 0.3) is 10.9 Å². The second kappa shape index (κ2) is 4.68. The van der Waals surface area contributed by atoms with Crippen LogP contribution in [0.4, 0.5) is 14.5 Å². The number of nitrogens with zero attached hydrogens (tertiary/aromatic N) is 1. The number of halogens is 2. The van der Waals surface area contributed by atoms with Gasteiger partial charge < -0.3 is 5.32 Å². The summed E-state index contributed by atoms with van der Waals surface area (Å²) in [5, 5.41) is 10.9. The molecule has 0 bridgehead atoms. The number of aromatic nitrogens is 2. The van der Waals surface area contributed by atoms with Gasteiger partial charge in [0.25, 0.3) is 0 Å². The molecule has 19 heavy (non-hydrogen) atoms. The van der Waals surface area contributed by atoms with Gasteiger partial charge in [-0.2, -0.15) is 5.10 Å². The summed E-state index contributed by atoms with van der Waals surface area (Å²) in [4.78, 5) is 0. The van der Waals surface area contributed by atoms with Crippen LogP contribution >= 0.6 is 0 Å². The van der Waals surface area contributed by atoms with E-state index >= 15 is 0 Å². The lowest BCUT2D eigenvalue weighted by atomic mass is 10.2. The van der Waals surface area contributed by atoms with E-state index in [1.165, 1.54) is 12.1 Å². The van der Waals surface area contributed by atoms with E-state index < -0.39 is 11.6 Å². The lowest BCUT2D eigenvalue weighted by molar-refractivity contribution is 0.574. The second-order valence-corrected chi connectivity index (χ2v) is 4.23. The van der Waals surface area contributed by atoms with Gasteiger partial charge in [0.2, 0.25) is 0 Å². The first kappa shape index (κ1) is 11.6. The zero-order valence-corrected chi connectivity index (χ0v) is 9.95. The number of nitrogens with one attached hydrogen (secondary N) is 2. The van der Waals surface area contributed by atoms with E-state index in [-0.39, 0.29) is 6.54 Å². The molecule has 0 amide bonds.